The maximum atomic E-state index is 12.4. The van der Waals surface area contributed by atoms with Gasteiger partial charge in [0.15, 0.2) is 11.5 Å². The second-order valence-corrected chi connectivity index (χ2v) is 18.4. The van der Waals surface area contributed by atoms with Gasteiger partial charge in [-0.25, -0.2) is 19.7 Å². The first-order chi connectivity index (χ1) is 30.4. The van der Waals surface area contributed by atoms with Crippen LogP contribution in [0.1, 0.15) is 81.4 Å². The Balaban J connectivity index is 0.765. The van der Waals surface area contributed by atoms with Crippen LogP contribution in [0.3, 0.4) is 0 Å². The Bertz CT molecular complexity index is 2600. The van der Waals surface area contributed by atoms with E-state index in [2.05, 4.69) is 135 Å². The highest BCUT2D eigenvalue weighted by atomic mass is 16.5. The number of carbonyl (C=O) groups is 2. The molecule has 1 atom stereocenters. The predicted octanol–water partition coefficient (Wildman–Crippen LogP) is 7.32. The number of urea groups is 1. The highest BCUT2D eigenvalue weighted by molar-refractivity contribution is 6.06. The Hall–Kier alpha value is -6.19. The van der Waals surface area contributed by atoms with E-state index >= 15 is 0 Å². The molecule has 3 fully saturated rings. The van der Waals surface area contributed by atoms with Crippen LogP contribution >= 0.6 is 0 Å². The number of hydrogen-bond donors (Lipinski definition) is 3. The molecule has 0 aliphatic carbocycles. The van der Waals surface area contributed by atoms with Crippen molar-refractivity contribution in [3.05, 3.63) is 95.4 Å². The molecule has 6 heterocycles. The van der Waals surface area contributed by atoms with Gasteiger partial charge in [0.2, 0.25) is 11.8 Å². The highest BCUT2D eigenvalue weighted by Gasteiger charge is 2.28. The number of aryl methyl sites for hydroxylation is 2. The summed E-state index contributed by atoms with van der Waals surface area (Å²) in [5.41, 5.74) is 10.8. The van der Waals surface area contributed by atoms with Crippen molar-refractivity contribution in [3.8, 4) is 22.6 Å². The highest BCUT2D eigenvalue weighted by Crippen LogP contribution is 2.33. The molecule has 15 nitrogen and oxygen atoms in total. The lowest BCUT2D eigenvalue weighted by Crippen LogP contribution is -2.49. The smallest absolute Gasteiger partial charge is 0.328 e. The molecule has 6 aromatic rings. The van der Waals surface area contributed by atoms with Gasteiger partial charge in [-0.15, -0.1) is 0 Å². The summed E-state index contributed by atoms with van der Waals surface area (Å²) < 4.78 is 5.48. The number of piperazine rings is 1. The van der Waals surface area contributed by atoms with Crippen molar-refractivity contribution in [3.63, 3.8) is 0 Å². The molecule has 0 radical (unpaired) electrons. The number of H-pyrrole nitrogens is 1. The van der Waals surface area contributed by atoms with Crippen molar-refractivity contribution in [2.75, 3.05) is 67.1 Å². The van der Waals surface area contributed by atoms with Crippen molar-refractivity contribution >= 4 is 40.2 Å². The summed E-state index contributed by atoms with van der Waals surface area (Å²) in [4.78, 5) is 55.5. The SMILES string of the molecule is Cc1cc(-c2ncnc3nc(-c4ccc(N5CCN(CC6CCN(c7ccc(N8CCC(=O)NC8=O)c(C)c7)CC6)CC5)cc4)[nH]c23)ccc1[C@@H](C)NCc1nc(C(C)(C)C)no1. The number of nitrogens with zero attached hydrogens (tertiary/aromatic N) is 9. The summed E-state index contributed by atoms with van der Waals surface area (Å²) in [5, 5.41) is 10.1. The van der Waals surface area contributed by atoms with Crippen LogP contribution < -0.4 is 25.3 Å². The van der Waals surface area contributed by atoms with E-state index in [0.29, 0.717) is 42.8 Å². The summed E-state index contributed by atoms with van der Waals surface area (Å²) >= 11 is 0. The molecule has 3 saturated heterocycles. The molecule has 9 rings (SSSR count). The minimum atomic E-state index is -0.339. The summed E-state index contributed by atoms with van der Waals surface area (Å²) in [7, 11) is 0. The number of anilines is 3. The minimum absolute atomic E-state index is 0.0755. The van der Waals surface area contributed by atoms with Crippen LogP contribution in [-0.2, 0) is 16.8 Å². The molecular formula is C48H58N12O3. The van der Waals surface area contributed by atoms with Crippen molar-refractivity contribution in [2.45, 2.75) is 78.8 Å². The third-order valence-corrected chi connectivity index (χ3v) is 12.9. The van der Waals surface area contributed by atoms with Crippen LogP contribution in [0.25, 0.3) is 33.8 Å². The van der Waals surface area contributed by atoms with Gasteiger partial charge in [-0.05, 0) is 105 Å². The summed E-state index contributed by atoms with van der Waals surface area (Å²) in [6, 6.07) is 21.2. The number of aromatic nitrogens is 6. The molecule has 0 spiro atoms. The fourth-order valence-electron chi connectivity index (χ4n) is 9.17. The van der Waals surface area contributed by atoms with Gasteiger partial charge >= 0.3 is 6.03 Å². The minimum Gasteiger partial charge on any atom is -0.372 e. The van der Waals surface area contributed by atoms with Gasteiger partial charge < -0.3 is 24.6 Å². The van der Waals surface area contributed by atoms with E-state index in [1.807, 2.05) is 13.0 Å². The van der Waals surface area contributed by atoms with Crippen molar-refractivity contribution in [1.29, 1.82) is 0 Å². The molecule has 3 aromatic carbocycles. The van der Waals surface area contributed by atoms with Gasteiger partial charge in [0, 0.05) is 98.4 Å². The Morgan fingerprint density at radius 2 is 1.56 bits per heavy atom. The zero-order chi connectivity index (χ0) is 43.8. The van der Waals surface area contributed by atoms with E-state index in [0.717, 1.165) is 90.8 Å². The Morgan fingerprint density at radius 3 is 2.25 bits per heavy atom. The molecule has 0 bridgehead atoms. The number of imidazole rings is 1. The fraction of sp³-hybridized carbons (Fsp3) is 0.438. The maximum absolute atomic E-state index is 12.4. The first-order valence-electron chi connectivity index (χ1n) is 22.3. The average molecular weight is 851 g/mol. The number of imide groups is 1. The van der Waals surface area contributed by atoms with Gasteiger partial charge in [0.1, 0.15) is 17.7 Å². The molecule has 63 heavy (non-hydrogen) atoms. The van der Waals surface area contributed by atoms with Gasteiger partial charge in [0.05, 0.1) is 12.2 Å². The summed E-state index contributed by atoms with van der Waals surface area (Å²) in [5.74, 6) is 2.53. The number of benzene rings is 3. The van der Waals surface area contributed by atoms with E-state index in [4.69, 9.17) is 14.5 Å². The molecule has 328 valence electrons. The maximum Gasteiger partial charge on any atom is 0.328 e. The van der Waals surface area contributed by atoms with Crippen LogP contribution in [0, 0.1) is 19.8 Å². The van der Waals surface area contributed by atoms with E-state index < -0.39 is 0 Å². The normalized spacial score (nSPS) is 17.5. The number of carbonyl (C=O) groups excluding carboxylic acids is 2. The topological polar surface area (TPSA) is 165 Å². The number of piperidine rings is 1. The standard InChI is InChI=1S/C48H58N12O3/c1-30-25-35(9-13-38(30)32(3)49-27-41-53-46(56-63-41)48(4,5)6)42-43-45(51-29-50-42)55-44(54-43)34-7-10-36(11-8-34)59-23-21-57(22-24-59)28-33-15-18-58(19-16-33)37-12-14-39(31(2)26-37)60-20-17-40(61)52-47(60)62/h7-14,25-26,29,32-33,49H,15-24,27-28H2,1-6H3,(H,52,61,62)(H,50,51,54,55)/t32-/m1/s1. The lowest BCUT2D eigenvalue weighted by molar-refractivity contribution is -0.120. The lowest BCUT2D eigenvalue weighted by Gasteiger charge is -2.40. The van der Waals surface area contributed by atoms with E-state index in [1.54, 1.807) is 11.2 Å². The number of fused-ring (bicyclic) bond motifs is 1. The van der Waals surface area contributed by atoms with Gasteiger partial charge in [-0.1, -0.05) is 38.1 Å². The van der Waals surface area contributed by atoms with Crippen LogP contribution in [0.5, 0.6) is 0 Å². The Morgan fingerprint density at radius 1 is 0.825 bits per heavy atom. The molecule has 15 heteroatoms. The quantitative estimate of drug-likeness (QED) is 0.119. The van der Waals surface area contributed by atoms with E-state index in [-0.39, 0.29) is 23.4 Å². The van der Waals surface area contributed by atoms with Crippen LogP contribution in [0.4, 0.5) is 21.9 Å². The zero-order valence-electron chi connectivity index (χ0n) is 37.2. The average Bonchev–Trinajstić information content (AvgIpc) is 3.95. The van der Waals surface area contributed by atoms with Crippen LogP contribution in [0.15, 0.2) is 71.5 Å². The van der Waals surface area contributed by atoms with Gasteiger partial charge in [-0.3, -0.25) is 19.9 Å². The molecule has 3 N–H and O–H groups in total. The zero-order valence-corrected chi connectivity index (χ0v) is 37.2. The molecule has 3 aliphatic rings. The van der Waals surface area contributed by atoms with Crippen LogP contribution in [0.2, 0.25) is 0 Å². The second kappa shape index (κ2) is 17.5. The number of amides is 3. The molecule has 0 unspecified atom stereocenters. The molecule has 3 amide bonds. The van der Waals surface area contributed by atoms with Crippen molar-refractivity contribution in [2.24, 2.45) is 5.92 Å². The molecule has 3 aromatic heterocycles. The summed E-state index contributed by atoms with van der Waals surface area (Å²) in [6.45, 7) is 20.7. The fourth-order valence-corrected chi connectivity index (χ4v) is 9.17. The third kappa shape index (κ3) is 9.16. The number of nitrogens with one attached hydrogen (secondary N) is 3. The second-order valence-electron chi connectivity index (χ2n) is 18.4. The largest absolute Gasteiger partial charge is 0.372 e. The monoisotopic (exact) mass is 850 g/mol. The van der Waals surface area contributed by atoms with Crippen LogP contribution in [-0.4, -0.2) is 99.3 Å². The van der Waals surface area contributed by atoms with Gasteiger partial charge in [0.25, 0.3) is 0 Å². The third-order valence-electron chi connectivity index (χ3n) is 12.9. The van der Waals surface area contributed by atoms with Crippen molar-refractivity contribution in [1.82, 2.24) is 45.6 Å². The van der Waals surface area contributed by atoms with E-state index in [1.165, 1.54) is 29.8 Å². The molecule has 0 saturated carbocycles. The van der Waals surface area contributed by atoms with Gasteiger partial charge in [-0.2, -0.15) is 4.98 Å². The number of rotatable bonds is 11. The number of aromatic amines is 1. The first-order valence-corrected chi connectivity index (χ1v) is 22.3. The Labute approximate surface area is 368 Å². The molecule has 3 aliphatic heterocycles. The first kappa shape index (κ1) is 42.1. The molecular weight excluding hydrogens is 793 g/mol. The Kier molecular flexibility index (Phi) is 11.7. The van der Waals surface area contributed by atoms with E-state index in [9.17, 15) is 9.59 Å². The summed E-state index contributed by atoms with van der Waals surface area (Å²) in [6.07, 6.45) is 4.25. The van der Waals surface area contributed by atoms with Crippen molar-refractivity contribution < 1.29 is 14.1 Å². The predicted molar refractivity (Wildman–Crippen MR) is 246 cm³/mol. The lowest BCUT2D eigenvalue weighted by atomic mass is 9.95. The number of hydrogen-bond acceptors (Lipinski definition) is 12.